The van der Waals surface area contributed by atoms with Crippen LogP contribution in [-0.4, -0.2) is 21.0 Å². The molecule has 1 aromatic heterocycles. The molecule has 2 atom stereocenters. The third-order valence-corrected chi connectivity index (χ3v) is 7.18. The minimum absolute atomic E-state index is 0.0755. The molecule has 0 spiro atoms. The Kier molecular flexibility index (Phi) is 7.16. The van der Waals surface area contributed by atoms with Gasteiger partial charge in [0.15, 0.2) is 5.78 Å². The maximum atomic E-state index is 13.0. The zero-order chi connectivity index (χ0) is 23.9. The Morgan fingerprint density at radius 3 is 2.30 bits per heavy atom. The number of ketones is 1. The number of carbonyl (C=O) groups excluding carboxylic acids is 2. The molecule has 33 heavy (non-hydrogen) atoms. The van der Waals surface area contributed by atoms with Crippen molar-refractivity contribution in [3.05, 3.63) is 91.6 Å². The largest absolute Gasteiger partial charge is 0.326 e. The van der Waals surface area contributed by atoms with Gasteiger partial charge in [-0.05, 0) is 59.7 Å². The van der Waals surface area contributed by atoms with Crippen LogP contribution in [0.5, 0.6) is 0 Å². The van der Waals surface area contributed by atoms with Gasteiger partial charge in [-0.3, -0.25) is 9.59 Å². The van der Waals surface area contributed by atoms with E-state index < -0.39 is 22.1 Å². The molecule has 0 saturated heterocycles. The van der Waals surface area contributed by atoms with Gasteiger partial charge in [-0.15, -0.1) is 23.2 Å². The predicted octanol–water partition coefficient (Wildman–Crippen LogP) is 7.65. The Bertz CT molecular complexity index is 1240. The molecule has 2 aromatic carbocycles. The molecule has 1 aliphatic carbocycles. The molecule has 1 amide bonds. The standard InChI is InChI=1S/C23H14Cl6N2O2/c24-13-7-12(8-14(25)9-13)20-21(23(20,28)29)22(33)31-15-1-2-17(26)16(10-15)18(32)5-11-3-4-30-19(27)6-11/h1-4,6-10,20-21H,5H2,(H,31,33)/t20-,21+/m0/s1. The van der Waals surface area contributed by atoms with Crippen molar-refractivity contribution in [1.29, 1.82) is 0 Å². The number of pyridine rings is 1. The Hall–Kier alpha value is -1.53. The van der Waals surface area contributed by atoms with Gasteiger partial charge in [0.2, 0.25) is 5.91 Å². The fourth-order valence-corrected chi connectivity index (χ4v) is 5.48. The maximum Gasteiger partial charge on any atom is 0.231 e. The summed E-state index contributed by atoms with van der Waals surface area (Å²) < 4.78 is -1.32. The Balaban J connectivity index is 1.51. The van der Waals surface area contributed by atoms with Gasteiger partial charge in [0.05, 0.1) is 10.9 Å². The molecular formula is C23H14Cl6N2O2. The van der Waals surface area contributed by atoms with Crippen molar-refractivity contribution in [3.63, 3.8) is 0 Å². The van der Waals surface area contributed by atoms with E-state index in [-0.39, 0.29) is 27.9 Å². The number of amides is 1. The molecule has 1 saturated carbocycles. The van der Waals surface area contributed by atoms with Crippen molar-refractivity contribution >= 4 is 87.0 Å². The van der Waals surface area contributed by atoms with Crippen molar-refractivity contribution < 1.29 is 9.59 Å². The molecule has 1 aliphatic rings. The third-order valence-electron chi connectivity index (χ3n) is 5.27. The molecule has 1 N–H and O–H groups in total. The number of carbonyl (C=O) groups is 2. The lowest BCUT2D eigenvalue weighted by Crippen LogP contribution is -2.17. The minimum atomic E-state index is -1.32. The summed E-state index contributed by atoms with van der Waals surface area (Å²) in [7, 11) is 0. The van der Waals surface area contributed by atoms with Crippen molar-refractivity contribution in [2.24, 2.45) is 5.92 Å². The van der Waals surface area contributed by atoms with Crippen LogP contribution in [0.15, 0.2) is 54.7 Å². The summed E-state index contributed by atoms with van der Waals surface area (Å²) in [6, 6.07) is 12.9. The Morgan fingerprint density at radius 1 is 0.939 bits per heavy atom. The third kappa shape index (κ3) is 5.43. The summed E-state index contributed by atoms with van der Waals surface area (Å²) in [5.74, 6) is -1.85. The molecule has 1 heterocycles. The van der Waals surface area contributed by atoms with Crippen LogP contribution in [0.4, 0.5) is 5.69 Å². The van der Waals surface area contributed by atoms with Crippen molar-refractivity contribution in [3.8, 4) is 0 Å². The number of hydrogen-bond acceptors (Lipinski definition) is 3. The van der Waals surface area contributed by atoms with E-state index in [9.17, 15) is 9.59 Å². The highest BCUT2D eigenvalue weighted by molar-refractivity contribution is 6.53. The highest BCUT2D eigenvalue weighted by atomic mass is 35.5. The van der Waals surface area contributed by atoms with E-state index in [1.807, 2.05) is 0 Å². The van der Waals surface area contributed by atoms with E-state index in [2.05, 4.69) is 10.3 Å². The molecule has 0 unspecified atom stereocenters. The summed E-state index contributed by atoms with van der Waals surface area (Å²) in [5.41, 5.74) is 2.01. The first-order chi connectivity index (χ1) is 15.6. The monoisotopic (exact) mass is 560 g/mol. The SMILES string of the molecule is O=C(Cc1ccnc(Cl)c1)c1cc(NC(=O)[C@H]2[C@H](c3cc(Cl)cc(Cl)c3)C2(Cl)Cl)ccc1Cl. The van der Waals surface area contributed by atoms with Gasteiger partial charge in [-0.2, -0.15) is 0 Å². The zero-order valence-corrected chi connectivity index (χ0v) is 21.1. The average molecular weight is 563 g/mol. The topological polar surface area (TPSA) is 59.1 Å². The summed E-state index contributed by atoms with van der Waals surface area (Å²) in [4.78, 5) is 29.7. The second kappa shape index (κ2) is 9.61. The van der Waals surface area contributed by atoms with Crippen molar-refractivity contribution in [2.75, 3.05) is 5.32 Å². The van der Waals surface area contributed by atoms with Gasteiger partial charge in [0, 0.05) is 39.8 Å². The predicted molar refractivity (Wildman–Crippen MR) is 134 cm³/mol. The van der Waals surface area contributed by atoms with Crippen molar-refractivity contribution in [1.82, 2.24) is 4.98 Å². The number of anilines is 1. The van der Waals surface area contributed by atoms with Gasteiger partial charge in [-0.1, -0.05) is 46.4 Å². The fourth-order valence-electron chi connectivity index (χ4n) is 3.69. The Morgan fingerprint density at radius 2 is 1.64 bits per heavy atom. The van der Waals surface area contributed by atoms with E-state index in [4.69, 9.17) is 69.6 Å². The van der Waals surface area contributed by atoms with Crippen LogP contribution in [-0.2, 0) is 11.2 Å². The number of hydrogen-bond donors (Lipinski definition) is 1. The van der Waals surface area contributed by atoms with Crippen LogP contribution in [0, 0.1) is 5.92 Å². The second-order valence-corrected chi connectivity index (χ2v) is 10.7. The molecule has 4 rings (SSSR count). The van der Waals surface area contributed by atoms with Gasteiger partial charge in [0.25, 0.3) is 0 Å². The van der Waals surface area contributed by atoms with E-state index in [1.165, 1.54) is 12.3 Å². The van der Waals surface area contributed by atoms with Crippen LogP contribution < -0.4 is 5.32 Å². The van der Waals surface area contributed by atoms with E-state index >= 15 is 0 Å². The highest BCUT2D eigenvalue weighted by Gasteiger charge is 2.67. The normalized spacial score (nSPS) is 18.6. The quantitative estimate of drug-likeness (QED) is 0.191. The number of nitrogens with zero attached hydrogens (tertiary/aromatic N) is 1. The van der Waals surface area contributed by atoms with Gasteiger partial charge in [0.1, 0.15) is 9.49 Å². The second-order valence-electron chi connectivity index (χ2n) is 7.60. The number of aromatic nitrogens is 1. The number of halogens is 6. The molecule has 0 radical (unpaired) electrons. The average Bonchev–Trinajstić information content (AvgIpc) is 3.31. The summed E-state index contributed by atoms with van der Waals surface area (Å²) in [6.45, 7) is 0. The number of nitrogens with one attached hydrogen (secondary N) is 1. The molecule has 4 nitrogen and oxygen atoms in total. The van der Waals surface area contributed by atoms with Crippen LogP contribution >= 0.6 is 69.6 Å². The first-order valence-corrected chi connectivity index (χ1v) is 11.9. The number of benzene rings is 2. The smallest absolute Gasteiger partial charge is 0.231 e. The molecule has 10 heteroatoms. The first kappa shape index (κ1) is 24.6. The van der Waals surface area contributed by atoms with Gasteiger partial charge in [-0.25, -0.2) is 4.98 Å². The molecule has 1 fully saturated rings. The van der Waals surface area contributed by atoms with Gasteiger partial charge >= 0.3 is 0 Å². The van der Waals surface area contributed by atoms with Crippen LogP contribution in [0.2, 0.25) is 20.2 Å². The van der Waals surface area contributed by atoms with Gasteiger partial charge < -0.3 is 5.32 Å². The van der Waals surface area contributed by atoms with E-state index in [0.717, 1.165) is 0 Å². The fraction of sp³-hybridized carbons (Fsp3) is 0.174. The van der Waals surface area contributed by atoms with E-state index in [1.54, 1.807) is 42.5 Å². The lowest BCUT2D eigenvalue weighted by atomic mass is 10.0. The number of rotatable bonds is 6. The molecular weight excluding hydrogens is 549 g/mol. The van der Waals surface area contributed by atoms with Crippen LogP contribution in [0.1, 0.15) is 27.4 Å². The highest BCUT2D eigenvalue weighted by Crippen LogP contribution is 2.65. The minimum Gasteiger partial charge on any atom is -0.326 e. The van der Waals surface area contributed by atoms with Crippen molar-refractivity contribution in [2.45, 2.75) is 16.7 Å². The first-order valence-electron chi connectivity index (χ1n) is 9.64. The molecule has 170 valence electrons. The van der Waals surface area contributed by atoms with Crippen LogP contribution in [0.25, 0.3) is 0 Å². The summed E-state index contributed by atoms with van der Waals surface area (Å²) >= 11 is 37.1. The molecule has 0 bridgehead atoms. The van der Waals surface area contributed by atoms with Crippen LogP contribution in [0.3, 0.4) is 0 Å². The van der Waals surface area contributed by atoms with E-state index in [0.29, 0.717) is 26.9 Å². The molecule has 3 aromatic rings. The number of alkyl halides is 2. The lowest BCUT2D eigenvalue weighted by molar-refractivity contribution is -0.117. The number of Topliss-reactive ketones (excluding diaryl/α,β-unsaturated/α-hetero) is 1. The maximum absolute atomic E-state index is 13.0. The summed E-state index contributed by atoms with van der Waals surface area (Å²) in [5, 5.41) is 4.16. The zero-order valence-electron chi connectivity index (χ0n) is 16.6. The molecule has 0 aliphatic heterocycles. The lowest BCUT2D eigenvalue weighted by Gasteiger charge is -2.09. The Labute approximate surface area is 220 Å². The summed E-state index contributed by atoms with van der Waals surface area (Å²) in [6.07, 6.45) is 1.60.